The zero-order valence-corrected chi connectivity index (χ0v) is 6.04. The van der Waals surface area contributed by atoms with E-state index in [0.717, 1.165) is 6.92 Å². The predicted molar refractivity (Wildman–Crippen MR) is 34.5 cm³/mol. The standard InChI is InChI=1S/C6H10FNO3/c1-6(7)4(10)3(2-9)8-5(6)11/h3-4,9-10H,2H2,1H3,(H,8,11)/t3-,4-,6-/m1/s1. The van der Waals surface area contributed by atoms with Crippen LogP contribution in [0.25, 0.3) is 0 Å². The van der Waals surface area contributed by atoms with E-state index < -0.39 is 30.3 Å². The van der Waals surface area contributed by atoms with Crippen molar-refractivity contribution in [3.05, 3.63) is 0 Å². The molecular formula is C6H10FNO3. The topological polar surface area (TPSA) is 69.6 Å². The molecule has 1 amide bonds. The molecule has 1 saturated heterocycles. The highest BCUT2D eigenvalue weighted by atomic mass is 19.1. The summed E-state index contributed by atoms with van der Waals surface area (Å²) in [4.78, 5) is 10.7. The average Bonchev–Trinajstić information content (AvgIpc) is 2.14. The number of alkyl halides is 1. The number of aliphatic hydroxyl groups is 2. The molecule has 1 rings (SSSR count). The van der Waals surface area contributed by atoms with Gasteiger partial charge in [-0.1, -0.05) is 0 Å². The highest BCUT2D eigenvalue weighted by Gasteiger charge is 2.51. The van der Waals surface area contributed by atoms with Crippen LogP contribution >= 0.6 is 0 Å². The third kappa shape index (κ3) is 1.10. The number of rotatable bonds is 1. The van der Waals surface area contributed by atoms with Crippen LogP contribution < -0.4 is 5.32 Å². The fraction of sp³-hybridized carbons (Fsp3) is 0.833. The number of hydrogen-bond donors (Lipinski definition) is 3. The molecule has 5 heteroatoms. The van der Waals surface area contributed by atoms with Gasteiger partial charge in [0.1, 0.15) is 6.10 Å². The molecule has 0 aliphatic carbocycles. The van der Waals surface area contributed by atoms with E-state index in [-0.39, 0.29) is 0 Å². The third-order valence-electron chi connectivity index (χ3n) is 1.89. The normalized spacial score (nSPS) is 44.2. The van der Waals surface area contributed by atoms with Gasteiger partial charge in [0, 0.05) is 0 Å². The van der Waals surface area contributed by atoms with E-state index >= 15 is 0 Å². The maximum absolute atomic E-state index is 13.1. The van der Waals surface area contributed by atoms with Gasteiger partial charge in [-0.25, -0.2) is 4.39 Å². The van der Waals surface area contributed by atoms with Crippen LogP contribution in [0.1, 0.15) is 6.92 Å². The zero-order valence-electron chi connectivity index (χ0n) is 6.04. The molecule has 1 aliphatic rings. The maximum Gasteiger partial charge on any atom is 0.260 e. The molecule has 0 radical (unpaired) electrons. The summed E-state index contributed by atoms with van der Waals surface area (Å²) in [6, 6.07) is -0.877. The van der Waals surface area contributed by atoms with Crippen molar-refractivity contribution in [2.24, 2.45) is 0 Å². The van der Waals surface area contributed by atoms with Gasteiger partial charge in [0.15, 0.2) is 0 Å². The Morgan fingerprint density at radius 3 is 2.55 bits per heavy atom. The third-order valence-corrected chi connectivity index (χ3v) is 1.89. The van der Waals surface area contributed by atoms with Gasteiger partial charge >= 0.3 is 0 Å². The number of halogens is 1. The molecule has 1 heterocycles. The van der Waals surface area contributed by atoms with Gasteiger partial charge in [-0.05, 0) is 6.92 Å². The van der Waals surface area contributed by atoms with Gasteiger partial charge in [-0.2, -0.15) is 0 Å². The number of amides is 1. The lowest BCUT2D eigenvalue weighted by molar-refractivity contribution is -0.131. The van der Waals surface area contributed by atoms with E-state index in [2.05, 4.69) is 5.32 Å². The first-order chi connectivity index (χ1) is 5.00. The molecule has 0 aromatic heterocycles. The molecule has 0 spiro atoms. The van der Waals surface area contributed by atoms with E-state index in [0.29, 0.717) is 0 Å². The second-order valence-corrected chi connectivity index (χ2v) is 2.78. The number of carbonyl (C=O) groups is 1. The smallest absolute Gasteiger partial charge is 0.260 e. The summed E-state index contributed by atoms with van der Waals surface area (Å²) in [5.41, 5.74) is -2.27. The molecule has 0 saturated carbocycles. The average molecular weight is 163 g/mol. The molecule has 0 aromatic carbocycles. The second kappa shape index (κ2) is 2.42. The lowest BCUT2D eigenvalue weighted by atomic mass is 10.0. The van der Waals surface area contributed by atoms with Crippen molar-refractivity contribution in [3.8, 4) is 0 Å². The summed E-state index contributed by atoms with van der Waals surface area (Å²) >= 11 is 0. The Balaban J connectivity index is 2.80. The van der Waals surface area contributed by atoms with Gasteiger partial charge in [-0.3, -0.25) is 4.79 Å². The summed E-state index contributed by atoms with van der Waals surface area (Å²) in [6.07, 6.45) is -1.46. The minimum Gasteiger partial charge on any atom is -0.394 e. The molecule has 3 N–H and O–H groups in total. The number of nitrogens with one attached hydrogen (secondary N) is 1. The van der Waals surface area contributed by atoms with Crippen molar-refractivity contribution in [1.82, 2.24) is 5.32 Å². The highest BCUT2D eigenvalue weighted by Crippen LogP contribution is 2.24. The molecule has 0 unspecified atom stereocenters. The Hall–Kier alpha value is -0.680. The van der Waals surface area contributed by atoms with Crippen molar-refractivity contribution in [2.75, 3.05) is 6.61 Å². The van der Waals surface area contributed by atoms with Crippen LogP contribution in [0.15, 0.2) is 0 Å². The lowest BCUT2D eigenvalue weighted by Gasteiger charge is -2.16. The summed E-state index contributed by atoms with van der Waals surface area (Å²) in [7, 11) is 0. The molecule has 0 aromatic rings. The molecular weight excluding hydrogens is 153 g/mol. The van der Waals surface area contributed by atoms with Crippen LogP contribution in [-0.4, -0.2) is 40.5 Å². The fourth-order valence-corrected chi connectivity index (χ4v) is 1.05. The molecule has 11 heavy (non-hydrogen) atoms. The van der Waals surface area contributed by atoms with E-state index in [1.54, 1.807) is 0 Å². The largest absolute Gasteiger partial charge is 0.394 e. The van der Waals surface area contributed by atoms with Crippen LogP contribution in [0.4, 0.5) is 4.39 Å². The summed E-state index contributed by atoms with van der Waals surface area (Å²) in [5, 5.41) is 19.7. The van der Waals surface area contributed by atoms with Crippen molar-refractivity contribution in [3.63, 3.8) is 0 Å². The Bertz CT molecular complexity index is 183. The van der Waals surface area contributed by atoms with Crippen molar-refractivity contribution < 1.29 is 19.4 Å². The second-order valence-electron chi connectivity index (χ2n) is 2.78. The number of aliphatic hydroxyl groups excluding tert-OH is 2. The van der Waals surface area contributed by atoms with Crippen molar-refractivity contribution in [2.45, 2.75) is 24.7 Å². The molecule has 64 valence electrons. The maximum atomic E-state index is 13.1. The minimum atomic E-state index is -2.27. The summed E-state index contributed by atoms with van der Waals surface area (Å²) < 4.78 is 13.1. The van der Waals surface area contributed by atoms with Gasteiger partial charge in [0.25, 0.3) is 5.91 Å². The highest BCUT2D eigenvalue weighted by molar-refractivity contribution is 5.88. The SMILES string of the molecule is C[C@]1(F)C(=O)N[C@H](CO)[C@H]1O. The fourth-order valence-electron chi connectivity index (χ4n) is 1.05. The zero-order chi connectivity index (χ0) is 8.65. The Morgan fingerprint density at radius 1 is 1.82 bits per heavy atom. The summed E-state index contributed by atoms with van der Waals surface area (Å²) in [6.45, 7) is 0.537. The predicted octanol–water partition coefficient (Wildman–Crippen LogP) is -1.43. The van der Waals surface area contributed by atoms with Crippen molar-refractivity contribution in [1.29, 1.82) is 0 Å². The lowest BCUT2D eigenvalue weighted by Crippen LogP contribution is -2.40. The van der Waals surface area contributed by atoms with Gasteiger partial charge in [0.2, 0.25) is 5.67 Å². The first-order valence-electron chi connectivity index (χ1n) is 3.29. The van der Waals surface area contributed by atoms with E-state index in [4.69, 9.17) is 10.2 Å². The summed E-state index contributed by atoms with van der Waals surface area (Å²) in [5.74, 6) is -0.871. The van der Waals surface area contributed by atoms with Gasteiger partial charge in [0.05, 0.1) is 12.6 Å². The van der Waals surface area contributed by atoms with Crippen LogP contribution in [0.3, 0.4) is 0 Å². The Labute approximate surface area is 63.0 Å². The van der Waals surface area contributed by atoms with Crippen molar-refractivity contribution >= 4 is 5.91 Å². The minimum absolute atomic E-state index is 0.452. The number of hydrogen-bond acceptors (Lipinski definition) is 3. The quantitative estimate of drug-likeness (QED) is 0.443. The molecule has 3 atom stereocenters. The van der Waals surface area contributed by atoms with E-state index in [9.17, 15) is 9.18 Å². The molecule has 4 nitrogen and oxygen atoms in total. The molecule has 0 bridgehead atoms. The first kappa shape index (κ1) is 8.42. The Morgan fingerprint density at radius 2 is 2.36 bits per heavy atom. The monoisotopic (exact) mass is 163 g/mol. The Kier molecular flexibility index (Phi) is 1.85. The van der Waals surface area contributed by atoms with Gasteiger partial charge in [-0.15, -0.1) is 0 Å². The molecule has 1 aliphatic heterocycles. The van der Waals surface area contributed by atoms with E-state index in [1.807, 2.05) is 0 Å². The number of carbonyl (C=O) groups excluding carboxylic acids is 1. The van der Waals surface area contributed by atoms with Crippen LogP contribution in [-0.2, 0) is 4.79 Å². The first-order valence-corrected chi connectivity index (χ1v) is 3.29. The van der Waals surface area contributed by atoms with Gasteiger partial charge < -0.3 is 15.5 Å². The van der Waals surface area contributed by atoms with Crippen LogP contribution in [0.2, 0.25) is 0 Å². The van der Waals surface area contributed by atoms with Crippen LogP contribution in [0, 0.1) is 0 Å². The van der Waals surface area contributed by atoms with E-state index in [1.165, 1.54) is 0 Å². The van der Waals surface area contributed by atoms with Crippen LogP contribution in [0.5, 0.6) is 0 Å². The molecule has 1 fully saturated rings.